The summed E-state index contributed by atoms with van der Waals surface area (Å²) in [4.78, 5) is 9.25. The molecule has 6 nitrogen and oxygen atoms in total. The number of β-amino-alcohol motifs (C(OH)–C–C–N with tert-alkyl or cyclic N) is 1. The smallest absolute Gasteiger partial charge is 0.0959 e. The molecule has 1 saturated heterocycles. The first-order valence-corrected chi connectivity index (χ1v) is 9.10. The number of rotatable bonds is 7. The predicted octanol–water partition coefficient (Wildman–Crippen LogP) is 1.28. The number of aromatic nitrogens is 2. The molecule has 1 aromatic carbocycles. The van der Waals surface area contributed by atoms with E-state index in [2.05, 4.69) is 45.3 Å². The van der Waals surface area contributed by atoms with Crippen molar-refractivity contribution in [1.29, 1.82) is 0 Å². The quantitative estimate of drug-likeness (QED) is 0.818. The number of imidazole rings is 1. The zero-order chi connectivity index (χ0) is 17.8. The van der Waals surface area contributed by atoms with Gasteiger partial charge >= 0.3 is 0 Å². The molecule has 3 rings (SSSR count). The van der Waals surface area contributed by atoms with Gasteiger partial charge in [-0.15, -0.1) is 0 Å². The van der Waals surface area contributed by atoms with Gasteiger partial charge in [-0.05, 0) is 37.1 Å². The molecular weight excluding hydrogens is 316 g/mol. The Hall–Kier alpha value is -1.47. The molecule has 0 spiro atoms. The summed E-state index contributed by atoms with van der Waals surface area (Å²) in [6.07, 6.45) is 1.46. The number of aliphatic hydroxyl groups is 1. The zero-order valence-corrected chi connectivity index (χ0v) is 15.6. The topological polar surface area (TPSA) is 53.8 Å². The van der Waals surface area contributed by atoms with Crippen LogP contribution in [0.4, 0.5) is 0 Å². The summed E-state index contributed by atoms with van der Waals surface area (Å²) in [5.74, 6) is 0. The minimum absolute atomic E-state index is 0.385. The largest absolute Gasteiger partial charge is 0.390 e. The molecule has 1 aromatic heterocycles. The van der Waals surface area contributed by atoms with E-state index in [1.807, 2.05) is 6.33 Å². The van der Waals surface area contributed by atoms with E-state index in [0.717, 1.165) is 50.4 Å². The van der Waals surface area contributed by atoms with E-state index in [4.69, 9.17) is 4.74 Å². The van der Waals surface area contributed by atoms with Crippen LogP contribution in [0.1, 0.15) is 11.1 Å². The van der Waals surface area contributed by atoms with Gasteiger partial charge in [-0.1, -0.05) is 0 Å². The van der Waals surface area contributed by atoms with Crippen LogP contribution in [-0.2, 0) is 11.3 Å². The molecule has 0 radical (unpaired) electrons. The maximum atomic E-state index is 10.5. The Bertz CT molecular complexity index is 692. The lowest BCUT2D eigenvalue weighted by Gasteiger charge is -2.35. The Balaban J connectivity index is 1.53. The van der Waals surface area contributed by atoms with Crippen LogP contribution in [0.15, 0.2) is 18.5 Å². The lowest BCUT2D eigenvalue weighted by atomic mass is 10.1. The molecule has 2 heterocycles. The summed E-state index contributed by atoms with van der Waals surface area (Å²) in [7, 11) is 1.75. The SMILES string of the molecule is COCCN1CCN(C[C@@H](O)Cn2cnc3cc(C)c(C)cc32)CC1. The van der Waals surface area contributed by atoms with E-state index in [1.54, 1.807) is 7.11 Å². The first-order valence-electron chi connectivity index (χ1n) is 9.10. The number of aliphatic hydroxyl groups excluding tert-OH is 1. The summed E-state index contributed by atoms with van der Waals surface area (Å²) in [5, 5.41) is 10.5. The van der Waals surface area contributed by atoms with Crippen LogP contribution in [0.3, 0.4) is 0 Å². The minimum atomic E-state index is -0.385. The van der Waals surface area contributed by atoms with E-state index in [0.29, 0.717) is 13.1 Å². The summed E-state index contributed by atoms with van der Waals surface area (Å²) < 4.78 is 7.21. The zero-order valence-electron chi connectivity index (χ0n) is 15.6. The Morgan fingerprint density at radius 1 is 1.08 bits per heavy atom. The number of fused-ring (bicyclic) bond motifs is 1. The molecule has 1 N–H and O–H groups in total. The monoisotopic (exact) mass is 346 g/mol. The highest BCUT2D eigenvalue weighted by atomic mass is 16.5. The number of nitrogens with zero attached hydrogens (tertiary/aromatic N) is 4. The van der Waals surface area contributed by atoms with Gasteiger partial charge in [0.05, 0.1) is 36.6 Å². The molecule has 0 amide bonds. The first-order chi connectivity index (χ1) is 12.1. The van der Waals surface area contributed by atoms with Gasteiger partial charge in [0.25, 0.3) is 0 Å². The standard InChI is InChI=1S/C19H30N4O2/c1-15-10-18-19(11-16(15)2)23(14-20-18)13-17(24)12-22-6-4-21(5-7-22)8-9-25-3/h10-11,14,17,24H,4-9,12-13H2,1-3H3/t17-/m1/s1. The molecule has 2 aromatic rings. The molecule has 138 valence electrons. The molecule has 1 aliphatic heterocycles. The number of ether oxygens (including phenoxy) is 1. The first kappa shape index (κ1) is 18.3. The lowest BCUT2D eigenvalue weighted by Crippen LogP contribution is -2.49. The van der Waals surface area contributed by atoms with Crippen molar-refractivity contribution in [2.75, 3.05) is 53.0 Å². The van der Waals surface area contributed by atoms with E-state index in [9.17, 15) is 5.11 Å². The number of methoxy groups -OCH3 is 1. The van der Waals surface area contributed by atoms with Crippen molar-refractivity contribution in [3.63, 3.8) is 0 Å². The maximum absolute atomic E-state index is 10.5. The molecule has 0 bridgehead atoms. The van der Waals surface area contributed by atoms with Crippen LogP contribution in [0.25, 0.3) is 11.0 Å². The van der Waals surface area contributed by atoms with E-state index < -0.39 is 0 Å². The van der Waals surface area contributed by atoms with Crippen molar-refractivity contribution in [2.45, 2.75) is 26.5 Å². The Kier molecular flexibility index (Phi) is 6.06. The Morgan fingerprint density at radius 2 is 1.76 bits per heavy atom. The highest BCUT2D eigenvalue weighted by Crippen LogP contribution is 2.18. The number of hydrogen-bond donors (Lipinski definition) is 1. The van der Waals surface area contributed by atoms with Crippen LogP contribution in [0.2, 0.25) is 0 Å². The predicted molar refractivity (Wildman–Crippen MR) is 100.0 cm³/mol. The fourth-order valence-electron chi connectivity index (χ4n) is 3.46. The Labute approximate surface area is 150 Å². The van der Waals surface area contributed by atoms with Gasteiger partial charge in [0, 0.05) is 46.4 Å². The second-order valence-corrected chi connectivity index (χ2v) is 7.11. The van der Waals surface area contributed by atoms with Gasteiger partial charge < -0.3 is 14.4 Å². The summed E-state index contributed by atoms with van der Waals surface area (Å²) in [5.41, 5.74) is 4.62. The van der Waals surface area contributed by atoms with Gasteiger partial charge in [0.2, 0.25) is 0 Å². The van der Waals surface area contributed by atoms with Crippen molar-refractivity contribution in [3.8, 4) is 0 Å². The third-order valence-electron chi connectivity index (χ3n) is 5.19. The second-order valence-electron chi connectivity index (χ2n) is 7.11. The maximum Gasteiger partial charge on any atom is 0.0959 e. The molecule has 6 heteroatoms. The molecule has 1 atom stereocenters. The van der Waals surface area contributed by atoms with Gasteiger partial charge in [-0.25, -0.2) is 4.98 Å². The lowest BCUT2D eigenvalue weighted by molar-refractivity contribution is 0.0555. The van der Waals surface area contributed by atoms with E-state index in [1.165, 1.54) is 11.1 Å². The third kappa shape index (κ3) is 4.58. The molecule has 0 unspecified atom stereocenters. The average Bonchev–Trinajstić information content (AvgIpc) is 2.96. The van der Waals surface area contributed by atoms with Crippen LogP contribution in [-0.4, -0.2) is 83.5 Å². The van der Waals surface area contributed by atoms with Gasteiger partial charge in [0.15, 0.2) is 0 Å². The number of hydrogen-bond acceptors (Lipinski definition) is 5. The Morgan fingerprint density at radius 3 is 2.48 bits per heavy atom. The average molecular weight is 346 g/mol. The molecule has 1 fully saturated rings. The molecule has 1 aliphatic rings. The molecule has 0 saturated carbocycles. The fourth-order valence-corrected chi connectivity index (χ4v) is 3.46. The number of benzene rings is 1. The van der Waals surface area contributed by atoms with Crippen LogP contribution in [0, 0.1) is 13.8 Å². The number of aryl methyl sites for hydroxylation is 2. The fraction of sp³-hybridized carbons (Fsp3) is 0.632. The van der Waals surface area contributed by atoms with Crippen LogP contribution < -0.4 is 0 Å². The summed E-state index contributed by atoms with van der Waals surface area (Å²) in [6, 6.07) is 4.28. The second kappa shape index (κ2) is 8.27. The van der Waals surface area contributed by atoms with Crippen molar-refractivity contribution >= 4 is 11.0 Å². The third-order valence-corrected chi connectivity index (χ3v) is 5.19. The highest BCUT2D eigenvalue weighted by molar-refractivity contribution is 5.77. The highest BCUT2D eigenvalue weighted by Gasteiger charge is 2.19. The normalized spacial score (nSPS) is 18.1. The van der Waals surface area contributed by atoms with E-state index >= 15 is 0 Å². The molecular formula is C19H30N4O2. The minimum Gasteiger partial charge on any atom is -0.390 e. The van der Waals surface area contributed by atoms with Crippen molar-refractivity contribution in [3.05, 3.63) is 29.6 Å². The molecule has 0 aliphatic carbocycles. The van der Waals surface area contributed by atoms with Crippen LogP contribution >= 0.6 is 0 Å². The number of piperazine rings is 1. The summed E-state index contributed by atoms with van der Waals surface area (Å²) in [6.45, 7) is 11.4. The summed E-state index contributed by atoms with van der Waals surface area (Å²) >= 11 is 0. The van der Waals surface area contributed by atoms with E-state index in [-0.39, 0.29) is 6.10 Å². The van der Waals surface area contributed by atoms with Gasteiger partial charge in [-0.3, -0.25) is 9.80 Å². The van der Waals surface area contributed by atoms with Gasteiger partial charge in [0.1, 0.15) is 0 Å². The van der Waals surface area contributed by atoms with Crippen molar-refractivity contribution in [1.82, 2.24) is 19.4 Å². The molecule has 25 heavy (non-hydrogen) atoms. The van der Waals surface area contributed by atoms with Crippen molar-refractivity contribution in [2.24, 2.45) is 0 Å². The van der Waals surface area contributed by atoms with Crippen molar-refractivity contribution < 1.29 is 9.84 Å². The van der Waals surface area contributed by atoms with Crippen LogP contribution in [0.5, 0.6) is 0 Å². The van der Waals surface area contributed by atoms with Gasteiger partial charge in [-0.2, -0.15) is 0 Å².